The summed E-state index contributed by atoms with van der Waals surface area (Å²) in [5, 5.41) is 11.6. The summed E-state index contributed by atoms with van der Waals surface area (Å²) in [6, 6.07) is 12.6. The fourth-order valence-corrected chi connectivity index (χ4v) is 3.92. The van der Waals surface area contributed by atoms with Crippen LogP contribution in [0.2, 0.25) is 0 Å². The van der Waals surface area contributed by atoms with Crippen LogP contribution in [0.5, 0.6) is 11.5 Å². The highest BCUT2D eigenvalue weighted by Gasteiger charge is 2.38. The van der Waals surface area contributed by atoms with E-state index in [0.717, 1.165) is 5.56 Å². The summed E-state index contributed by atoms with van der Waals surface area (Å²) >= 11 is 0. The van der Waals surface area contributed by atoms with Crippen LogP contribution in [0.1, 0.15) is 21.8 Å². The van der Waals surface area contributed by atoms with E-state index in [4.69, 9.17) is 15.2 Å². The van der Waals surface area contributed by atoms with E-state index in [-0.39, 0.29) is 34.7 Å². The number of fused-ring (bicyclic) bond motifs is 1. The summed E-state index contributed by atoms with van der Waals surface area (Å²) in [5.74, 6) is 0.460. The Kier molecular flexibility index (Phi) is 4.87. The molecule has 0 unspecified atom stereocenters. The number of carbonyl (C=O) groups is 1. The average molecular weight is 383 g/mol. The van der Waals surface area contributed by atoms with Crippen molar-refractivity contribution in [1.29, 1.82) is 0 Å². The Balaban J connectivity index is 1.65. The lowest BCUT2D eigenvalue weighted by molar-refractivity contribution is -0.385. The molecule has 2 N–H and O–H groups in total. The minimum Gasteiger partial charge on any atom is -0.486 e. The normalized spacial score (nSPS) is 20.8. The smallest absolute Gasteiger partial charge is 0.286 e. The fraction of sp³-hybridized carbons (Fsp3) is 0.350. The maximum Gasteiger partial charge on any atom is 0.286 e. The standard InChI is InChI=1S/C20H21N3O5/c21-10-14-11-22(12-16(14)13-4-2-1-3-5-13)20(24)15-8-18-19(28-7-6-27-18)9-17(15)23(25)26/h1-5,8-9,14,16H,6-7,10-12,21H2/t14-,16+/m1/s1. The van der Waals surface area contributed by atoms with Gasteiger partial charge in [0.25, 0.3) is 11.6 Å². The molecule has 0 aromatic heterocycles. The number of ether oxygens (including phenoxy) is 2. The Bertz CT molecular complexity index is 902. The number of nitro benzene ring substituents is 1. The van der Waals surface area contributed by atoms with Gasteiger partial charge < -0.3 is 20.1 Å². The van der Waals surface area contributed by atoms with Crippen molar-refractivity contribution in [3.63, 3.8) is 0 Å². The molecule has 2 aliphatic heterocycles. The number of nitrogens with zero attached hydrogens (tertiary/aromatic N) is 2. The van der Waals surface area contributed by atoms with Gasteiger partial charge in [-0.1, -0.05) is 30.3 Å². The summed E-state index contributed by atoms with van der Waals surface area (Å²) in [4.78, 5) is 25.8. The molecule has 8 nitrogen and oxygen atoms in total. The minimum atomic E-state index is -0.559. The fourth-order valence-electron chi connectivity index (χ4n) is 3.92. The second kappa shape index (κ2) is 7.47. The van der Waals surface area contributed by atoms with E-state index in [1.165, 1.54) is 12.1 Å². The van der Waals surface area contributed by atoms with Crippen LogP contribution < -0.4 is 15.2 Å². The van der Waals surface area contributed by atoms with Gasteiger partial charge in [0.15, 0.2) is 11.5 Å². The molecule has 0 spiro atoms. The van der Waals surface area contributed by atoms with Gasteiger partial charge in [0.05, 0.1) is 11.0 Å². The zero-order chi connectivity index (χ0) is 19.7. The Hall–Kier alpha value is -3.13. The van der Waals surface area contributed by atoms with E-state index in [1.807, 2.05) is 30.3 Å². The highest BCUT2D eigenvalue weighted by Crippen LogP contribution is 2.39. The number of carbonyl (C=O) groups excluding carboxylic acids is 1. The van der Waals surface area contributed by atoms with E-state index in [0.29, 0.717) is 38.6 Å². The van der Waals surface area contributed by atoms with Crippen molar-refractivity contribution in [2.45, 2.75) is 5.92 Å². The zero-order valence-electron chi connectivity index (χ0n) is 15.2. The first-order chi connectivity index (χ1) is 13.6. The van der Waals surface area contributed by atoms with Gasteiger partial charge in [-0.25, -0.2) is 0 Å². The molecule has 146 valence electrons. The van der Waals surface area contributed by atoms with Crippen molar-refractivity contribution >= 4 is 11.6 Å². The molecule has 0 saturated carbocycles. The summed E-state index contributed by atoms with van der Waals surface area (Å²) in [7, 11) is 0. The molecule has 1 saturated heterocycles. The topological polar surface area (TPSA) is 108 Å². The van der Waals surface area contributed by atoms with Gasteiger partial charge in [0.1, 0.15) is 18.8 Å². The van der Waals surface area contributed by atoms with Crippen molar-refractivity contribution in [3.05, 3.63) is 63.7 Å². The number of rotatable bonds is 4. The Morgan fingerprint density at radius 1 is 1.14 bits per heavy atom. The second-order valence-electron chi connectivity index (χ2n) is 6.99. The number of likely N-dealkylation sites (tertiary alicyclic amines) is 1. The van der Waals surface area contributed by atoms with E-state index in [9.17, 15) is 14.9 Å². The monoisotopic (exact) mass is 383 g/mol. The molecule has 2 aliphatic rings. The van der Waals surface area contributed by atoms with Crippen LogP contribution in [0.15, 0.2) is 42.5 Å². The van der Waals surface area contributed by atoms with Crippen molar-refractivity contribution < 1.29 is 19.2 Å². The molecule has 8 heteroatoms. The first-order valence-corrected chi connectivity index (χ1v) is 9.20. The lowest BCUT2D eigenvalue weighted by Gasteiger charge is -2.21. The van der Waals surface area contributed by atoms with E-state index in [2.05, 4.69) is 0 Å². The van der Waals surface area contributed by atoms with Crippen molar-refractivity contribution in [3.8, 4) is 11.5 Å². The molecule has 1 amide bonds. The van der Waals surface area contributed by atoms with Crippen LogP contribution in [0.25, 0.3) is 0 Å². The predicted molar refractivity (Wildman–Crippen MR) is 102 cm³/mol. The molecule has 0 bridgehead atoms. The summed E-state index contributed by atoms with van der Waals surface area (Å²) in [6.07, 6.45) is 0. The molecule has 4 rings (SSSR count). The predicted octanol–water partition coefficient (Wildman–Crippen LogP) is 2.18. The van der Waals surface area contributed by atoms with Gasteiger partial charge in [-0.3, -0.25) is 14.9 Å². The third-order valence-corrected chi connectivity index (χ3v) is 5.35. The summed E-state index contributed by atoms with van der Waals surface area (Å²) in [5.41, 5.74) is 6.80. The number of nitro groups is 1. The molecule has 0 aliphatic carbocycles. The van der Waals surface area contributed by atoms with E-state index >= 15 is 0 Å². The molecular weight excluding hydrogens is 362 g/mol. The van der Waals surface area contributed by atoms with Gasteiger partial charge in [0.2, 0.25) is 0 Å². The molecule has 2 heterocycles. The zero-order valence-corrected chi connectivity index (χ0v) is 15.2. The third-order valence-electron chi connectivity index (χ3n) is 5.35. The Morgan fingerprint density at radius 3 is 2.46 bits per heavy atom. The van der Waals surface area contributed by atoms with E-state index in [1.54, 1.807) is 4.90 Å². The Labute approximate surface area is 162 Å². The summed E-state index contributed by atoms with van der Waals surface area (Å²) < 4.78 is 10.9. The van der Waals surface area contributed by atoms with Crippen LogP contribution in [-0.4, -0.2) is 48.6 Å². The molecule has 2 aromatic carbocycles. The van der Waals surface area contributed by atoms with Gasteiger partial charge in [0, 0.05) is 25.1 Å². The SMILES string of the molecule is NC[C@@H]1CN(C(=O)c2cc3c(cc2[N+](=O)[O-])OCCO3)C[C@H]1c1ccccc1. The average Bonchev–Trinajstić information content (AvgIpc) is 3.17. The third kappa shape index (κ3) is 3.27. The van der Waals surface area contributed by atoms with Crippen LogP contribution in [0, 0.1) is 16.0 Å². The molecule has 1 fully saturated rings. The molecule has 2 atom stereocenters. The maximum atomic E-state index is 13.2. The first kappa shape index (κ1) is 18.2. The van der Waals surface area contributed by atoms with Crippen LogP contribution in [-0.2, 0) is 0 Å². The van der Waals surface area contributed by atoms with Gasteiger partial charge in [-0.05, 0) is 18.0 Å². The Morgan fingerprint density at radius 2 is 1.82 bits per heavy atom. The largest absolute Gasteiger partial charge is 0.486 e. The summed E-state index contributed by atoms with van der Waals surface area (Å²) in [6.45, 7) is 2.03. The number of hydrogen-bond acceptors (Lipinski definition) is 6. The van der Waals surface area contributed by atoms with Crippen LogP contribution >= 0.6 is 0 Å². The molecule has 28 heavy (non-hydrogen) atoms. The molecular formula is C20H21N3O5. The maximum absolute atomic E-state index is 13.2. The van der Waals surface area contributed by atoms with E-state index < -0.39 is 4.92 Å². The second-order valence-corrected chi connectivity index (χ2v) is 6.99. The first-order valence-electron chi connectivity index (χ1n) is 9.20. The van der Waals surface area contributed by atoms with Crippen LogP contribution in [0.4, 0.5) is 5.69 Å². The number of amides is 1. The van der Waals surface area contributed by atoms with Crippen LogP contribution in [0.3, 0.4) is 0 Å². The number of hydrogen-bond donors (Lipinski definition) is 1. The quantitative estimate of drug-likeness (QED) is 0.640. The highest BCUT2D eigenvalue weighted by atomic mass is 16.6. The number of benzene rings is 2. The van der Waals surface area contributed by atoms with Gasteiger partial charge in [-0.15, -0.1) is 0 Å². The van der Waals surface area contributed by atoms with Crippen molar-refractivity contribution in [2.75, 3.05) is 32.8 Å². The van der Waals surface area contributed by atoms with Gasteiger partial charge in [-0.2, -0.15) is 0 Å². The van der Waals surface area contributed by atoms with Crippen molar-refractivity contribution in [2.24, 2.45) is 11.7 Å². The lowest BCUT2D eigenvalue weighted by Crippen LogP contribution is -2.30. The lowest BCUT2D eigenvalue weighted by atomic mass is 9.89. The minimum absolute atomic E-state index is 0.0127. The van der Waals surface area contributed by atoms with Crippen molar-refractivity contribution in [1.82, 2.24) is 4.90 Å². The molecule has 0 radical (unpaired) electrons. The highest BCUT2D eigenvalue weighted by molar-refractivity contribution is 5.99. The molecule has 2 aromatic rings. The number of nitrogens with two attached hydrogens (primary N) is 1. The van der Waals surface area contributed by atoms with Gasteiger partial charge >= 0.3 is 0 Å².